The summed E-state index contributed by atoms with van der Waals surface area (Å²) in [6, 6.07) is 27.1. The average molecular weight is 410 g/mol. The molecule has 4 heteroatoms. The first-order valence-corrected chi connectivity index (χ1v) is 10.5. The summed E-state index contributed by atoms with van der Waals surface area (Å²) in [6.07, 6.45) is 9.04. The molecule has 0 aliphatic rings. The maximum Gasteiger partial charge on any atom is 0.0780 e. The molecule has 0 bridgehead atoms. The zero-order chi connectivity index (χ0) is 21.3. The van der Waals surface area contributed by atoms with Crippen LogP contribution in [-0.4, -0.2) is 19.9 Å². The van der Waals surface area contributed by atoms with Crippen LogP contribution in [0.1, 0.15) is 0 Å². The fourth-order valence-corrected chi connectivity index (χ4v) is 4.18. The van der Waals surface area contributed by atoms with Gasteiger partial charge in [0.05, 0.1) is 16.9 Å². The van der Waals surface area contributed by atoms with Crippen LogP contribution in [0.15, 0.2) is 110 Å². The minimum Gasteiger partial charge on any atom is -0.265 e. The van der Waals surface area contributed by atoms with Gasteiger partial charge in [-0.25, -0.2) is 4.98 Å². The fraction of sp³-hybridized carbons (Fsp3) is 0. The lowest BCUT2D eigenvalue weighted by Crippen LogP contribution is -1.92. The Labute approximate surface area is 185 Å². The number of hydrogen-bond donors (Lipinski definition) is 0. The third-order valence-electron chi connectivity index (χ3n) is 5.72. The Bertz CT molecular complexity index is 1500. The van der Waals surface area contributed by atoms with E-state index in [-0.39, 0.29) is 0 Å². The molecule has 4 heterocycles. The van der Waals surface area contributed by atoms with Crippen molar-refractivity contribution in [2.75, 3.05) is 0 Å². The van der Waals surface area contributed by atoms with Crippen molar-refractivity contribution in [2.45, 2.75) is 0 Å². The minimum atomic E-state index is 0.910. The van der Waals surface area contributed by atoms with Crippen LogP contribution >= 0.6 is 0 Å². The first-order valence-electron chi connectivity index (χ1n) is 10.5. The lowest BCUT2D eigenvalue weighted by Gasteiger charge is -2.13. The first-order chi connectivity index (χ1) is 15.9. The number of hydrogen-bond acceptors (Lipinski definition) is 4. The number of fused-ring (bicyclic) bond motifs is 3. The number of benzene rings is 2. The van der Waals surface area contributed by atoms with Gasteiger partial charge in [-0.3, -0.25) is 15.0 Å². The molecular weight excluding hydrogens is 392 g/mol. The third-order valence-corrected chi connectivity index (χ3v) is 5.72. The molecular formula is C28H18N4. The van der Waals surface area contributed by atoms with E-state index in [1.807, 2.05) is 36.5 Å². The molecule has 2 aromatic carbocycles. The second-order valence-corrected chi connectivity index (χ2v) is 7.64. The van der Waals surface area contributed by atoms with E-state index in [2.05, 4.69) is 63.5 Å². The maximum absolute atomic E-state index is 4.96. The second kappa shape index (κ2) is 7.67. The summed E-state index contributed by atoms with van der Waals surface area (Å²) in [5.41, 5.74) is 7.17. The number of nitrogens with zero attached hydrogens (tertiary/aromatic N) is 4. The molecule has 0 aliphatic carbocycles. The third kappa shape index (κ3) is 3.19. The van der Waals surface area contributed by atoms with Crippen molar-refractivity contribution in [3.8, 4) is 33.6 Å². The van der Waals surface area contributed by atoms with Gasteiger partial charge >= 0.3 is 0 Å². The largest absolute Gasteiger partial charge is 0.265 e. The SMILES string of the molecule is c1cnc2c(c1)ccc1c(-c3cc(-c4ccncc4)nc(-c4ccncc4)c3)cccc12. The van der Waals surface area contributed by atoms with E-state index in [1.165, 1.54) is 5.39 Å². The molecule has 0 saturated heterocycles. The first kappa shape index (κ1) is 18.3. The smallest absolute Gasteiger partial charge is 0.0780 e. The van der Waals surface area contributed by atoms with Crippen LogP contribution in [0.2, 0.25) is 0 Å². The van der Waals surface area contributed by atoms with Crippen molar-refractivity contribution in [3.05, 3.63) is 110 Å². The van der Waals surface area contributed by atoms with E-state index in [4.69, 9.17) is 4.98 Å². The summed E-state index contributed by atoms with van der Waals surface area (Å²) in [6.45, 7) is 0. The predicted octanol–water partition coefficient (Wildman–Crippen LogP) is 6.57. The monoisotopic (exact) mass is 410 g/mol. The normalized spacial score (nSPS) is 11.1. The fourth-order valence-electron chi connectivity index (χ4n) is 4.18. The van der Waals surface area contributed by atoms with E-state index in [0.29, 0.717) is 0 Å². The molecule has 150 valence electrons. The number of pyridine rings is 4. The Morgan fingerprint density at radius 2 is 1.19 bits per heavy atom. The highest BCUT2D eigenvalue weighted by Crippen LogP contribution is 2.35. The van der Waals surface area contributed by atoms with Crippen LogP contribution < -0.4 is 0 Å². The van der Waals surface area contributed by atoms with E-state index >= 15 is 0 Å². The van der Waals surface area contributed by atoms with Crippen LogP contribution in [0.3, 0.4) is 0 Å². The van der Waals surface area contributed by atoms with Gasteiger partial charge in [-0.1, -0.05) is 36.4 Å². The van der Waals surface area contributed by atoms with Gasteiger partial charge in [-0.05, 0) is 59.0 Å². The Morgan fingerprint density at radius 1 is 0.500 bits per heavy atom. The summed E-state index contributed by atoms with van der Waals surface area (Å²) in [4.78, 5) is 17.9. The maximum atomic E-state index is 4.96. The van der Waals surface area contributed by atoms with E-state index in [1.54, 1.807) is 24.8 Å². The lowest BCUT2D eigenvalue weighted by molar-refractivity contribution is 1.27. The lowest BCUT2D eigenvalue weighted by atomic mass is 9.95. The molecule has 4 nitrogen and oxygen atoms in total. The summed E-state index contributed by atoms with van der Waals surface area (Å²) >= 11 is 0. The van der Waals surface area contributed by atoms with Gasteiger partial charge in [0.25, 0.3) is 0 Å². The molecule has 0 unspecified atom stereocenters. The molecule has 0 fully saturated rings. The predicted molar refractivity (Wildman–Crippen MR) is 129 cm³/mol. The molecule has 0 radical (unpaired) electrons. The van der Waals surface area contributed by atoms with Gasteiger partial charge in [-0.15, -0.1) is 0 Å². The van der Waals surface area contributed by atoms with E-state index in [9.17, 15) is 0 Å². The summed E-state index contributed by atoms with van der Waals surface area (Å²) in [7, 11) is 0. The molecule has 4 aromatic heterocycles. The number of aromatic nitrogens is 4. The van der Waals surface area contributed by atoms with Gasteiger partial charge in [0.1, 0.15) is 0 Å². The molecule has 0 atom stereocenters. The van der Waals surface area contributed by atoms with Crippen molar-refractivity contribution in [1.29, 1.82) is 0 Å². The van der Waals surface area contributed by atoms with Crippen molar-refractivity contribution in [1.82, 2.24) is 19.9 Å². The molecule has 32 heavy (non-hydrogen) atoms. The van der Waals surface area contributed by atoms with Gasteiger partial charge in [0, 0.05) is 52.9 Å². The zero-order valence-electron chi connectivity index (χ0n) is 17.2. The highest BCUT2D eigenvalue weighted by atomic mass is 14.7. The Hall–Kier alpha value is -4.44. The minimum absolute atomic E-state index is 0.910. The van der Waals surface area contributed by atoms with Gasteiger partial charge < -0.3 is 0 Å². The molecule has 6 aromatic rings. The standard InChI is InChI=1S/C28H18N4/c1-4-23(24-7-6-21-3-2-12-31-28(21)25(24)5-1)22-17-26(19-8-13-29-14-9-19)32-27(18-22)20-10-15-30-16-11-20/h1-18H. The van der Waals surface area contributed by atoms with Crippen LogP contribution in [0.25, 0.3) is 55.3 Å². The second-order valence-electron chi connectivity index (χ2n) is 7.64. The van der Waals surface area contributed by atoms with Crippen LogP contribution in [0, 0.1) is 0 Å². The van der Waals surface area contributed by atoms with Gasteiger partial charge in [0.15, 0.2) is 0 Å². The molecule has 0 amide bonds. The highest BCUT2D eigenvalue weighted by Gasteiger charge is 2.12. The summed E-state index contributed by atoms with van der Waals surface area (Å²) in [5, 5.41) is 3.46. The molecule has 6 rings (SSSR count). The topological polar surface area (TPSA) is 51.6 Å². The van der Waals surface area contributed by atoms with Crippen LogP contribution in [0.5, 0.6) is 0 Å². The van der Waals surface area contributed by atoms with E-state index < -0.39 is 0 Å². The van der Waals surface area contributed by atoms with E-state index in [0.717, 1.165) is 49.9 Å². The van der Waals surface area contributed by atoms with Crippen LogP contribution in [-0.2, 0) is 0 Å². The highest BCUT2D eigenvalue weighted by molar-refractivity contribution is 6.10. The zero-order valence-corrected chi connectivity index (χ0v) is 17.2. The Morgan fingerprint density at radius 3 is 1.88 bits per heavy atom. The van der Waals surface area contributed by atoms with Crippen molar-refractivity contribution in [2.24, 2.45) is 0 Å². The summed E-state index contributed by atoms with van der Waals surface area (Å²) < 4.78 is 0. The Kier molecular flexibility index (Phi) is 4.40. The van der Waals surface area contributed by atoms with Crippen molar-refractivity contribution < 1.29 is 0 Å². The molecule has 0 spiro atoms. The van der Waals surface area contributed by atoms with Gasteiger partial charge in [0.2, 0.25) is 0 Å². The molecule has 0 saturated carbocycles. The number of rotatable bonds is 3. The average Bonchev–Trinajstić information content (AvgIpc) is 2.89. The van der Waals surface area contributed by atoms with Crippen LogP contribution in [0.4, 0.5) is 0 Å². The Balaban J connectivity index is 1.63. The molecule has 0 aliphatic heterocycles. The van der Waals surface area contributed by atoms with Crippen molar-refractivity contribution >= 4 is 21.7 Å². The quantitative estimate of drug-likeness (QED) is 0.310. The summed E-state index contributed by atoms with van der Waals surface area (Å²) in [5.74, 6) is 0. The van der Waals surface area contributed by atoms with Gasteiger partial charge in [-0.2, -0.15) is 0 Å². The molecule has 0 N–H and O–H groups in total. The van der Waals surface area contributed by atoms with Crippen molar-refractivity contribution in [3.63, 3.8) is 0 Å².